The van der Waals surface area contributed by atoms with E-state index in [1.165, 1.54) is 42.3 Å². The average molecular weight is 583 g/mol. The summed E-state index contributed by atoms with van der Waals surface area (Å²) in [5.41, 5.74) is 0.356. The number of nitrogens with zero attached hydrogens (tertiary/aromatic N) is 4. The Morgan fingerprint density at radius 2 is 2.00 bits per heavy atom. The van der Waals surface area contributed by atoms with Crippen molar-refractivity contribution >= 4 is 38.7 Å². The Bertz CT molecular complexity index is 1590. The van der Waals surface area contributed by atoms with Crippen LogP contribution in [0.4, 0.5) is 10.1 Å². The zero-order valence-electron chi connectivity index (χ0n) is 20.7. The molecular weight excluding hydrogens is 559 g/mol. The first-order chi connectivity index (χ1) is 18.3. The molecule has 9 nitrogen and oxygen atoms in total. The number of aryl methyl sites for hydroxylation is 1. The largest absolute Gasteiger partial charge is 0.493 e. The molecule has 0 aliphatic carbocycles. The SMILES string of the molecule is CCCCc1nc2ccc(Br)cc2c(=O)n1N=Cc1cc(OC)c(OCc2ccccc2F)c([N+](=O)[O-])c1. The van der Waals surface area contributed by atoms with Gasteiger partial charge in [0.2, 0.25) is 5.75 Å². The Morgan fingerprint density at radius 1 is 1.21 bits per heavy atom. The van der Waals surface area contributed by atoms with Crippen LogP contribution in [-0.2, 0) is 13.0 Å². The summed E-state index contributed by atoms with van der Waals surface area (Å²) in [5, 5.41) is 16.6. The molecule has 0 spiro atoms. The van der Waals surface area contributed by atoms with Crippen molar-refractivity contribution in [2.24, 2.45) is 5.10 Å². The van der Waals surface area contributed by atoms with Gasteiger partial charge in [0.05, 0.1) is 29.2 Å². The van der Waals surface area contributed by atoms with E-state index in [0.29, 0.717) is 28.7 Å². The summed E-state index contributed by atoms with van der Waals surface area (Å²) in [7, 11) is 1.34. The van der Waals surface area contributed by atoms with Crippen molar-refractivity contribution in [2.75, 3.05) is 7.11 Å². The molecule has 1 aromatic heterocycles. The molecule has 38 heavy (non-hydrogen) atoms. The van der Waals surface area contributed by atoms with Gasteiger partial charge >= 0.3 is 5.69 Å². The Labute approximate surface area is 225 Å². The van der Waals surface area contributed by atoms with Crippen LogP contribution < -0.4 is 15.0 Å². The minimum atomic E-state index is -0.621. The number of rotatable bonds is 10. The quantitative estimate of drug-likeness (QED) is 0.128. The number of nitro benzene ring substituents is 1. The molecular formula is C27H24BrFN4O5. The Morgan fingerprint density at radius 3 is 2.71 bits per heavy atom. The molecule has 0 aliphatic rings. The minimum Gasteiger partial charge on any atom is -0.493 e. The number of methoxy groups -OCH3 is 1. The predicted molar refractivity (Wildman–Crippen MR) is 146 cm³/mol. The standard InChI is InChI=1S/C27H24BrFN4O5/c1-3-4-9-25-31-22-11-10-19(28)14-20(22)27(34)32(25)30-15-17-12-23(33(35)36)26(24(13-17)37-2)38-16-18-7-5-6-8-21(18)29/h5-8,10-15H,3-4,9,16H2,1-2H3. The van der Waals surface area contributed by atoms with Crippen LogP contribution in [0.5, 0.6) is 11.5 Å². The third-order valence-electron chi connectivity index (χ3n) is 5.76. The van der Waals surface area contributed by atoms with Crippen molar-refractivity contribution in [1.82, 2.24) is 9.66 Å². The minimum absolute atomic E-state index is 0.0658. The number of unbranched alkanes of at least 4 members (excludes halogenated alkanes) is 1. The summed E-state index contributed by atoms with van der Waals surface area (Å²) in [6, 6.07) is 14.0. The first-order valence-corrected chi connectivity index (χ1v) is 12.6. The zero-order valence-corrected chi connectivity index (χ0v) is 22.3. The second-order valence-corrected chi connectivity index (χ2v) is 9.28. The molecule has 0 fully saturated rings. The molecule has 4 rings (SSSR count). The van der Waals surface area contributed by atoms with Gasteiger partial charge in [0.1, 0.15) is 18.2 Å². The van der Waals surface area contributed by atoms with Crippen LogP contribution in [0, 0.1) is 15.9 Å². The molecule has 3 aromatic carbocycles. The lowest BCUT2D eigenvalue weighted by molar-refractivity contribution is -0.386. The van der Waals surface area contributed by atoms with E-state index in [0.717, 1.165) is 17.3 Å². The molecule has 196 valence electrons. The highest BCUT2D eigenvalue weighted by Gasteiger charge is 2.23. The van der Waals surface area contributed by atoms with Crippen molar-refractivity contribution in [3.05, 3.63) is 102 Å². The lowest BCUT2D eigenvalue weighted by atomic mass is 10.1. The van der Waals surface area contributed by atoms with Crippen LogP contribution >= 0.6 is 15.9 Å². The average Bonchev–Trinajstić information content (AvgIpc) is 2.91. The summed E-state index contributed by atoms with van der Waals surface area (Å²) in [6.45, 7) is 1.80. The smallest absolute Gasteiger partial charge is 0.315 e. The van der Waals surface area contributed by atoms with Gasteiger partial charge < -0.3 is 9.47 Å². The second-order valence-electron chi connectivity index (χ2n) is 8.36. The summed E-state index contributed by atoms with van der Waals surface area (Å²) in [6.07, 6.45) is 3.56. The lowest BCUT2D eigenvalue weighted by Gasteiger charge is -2.12. The van der Waals surface area contributed by atoms with Gasteiger partial charge in [-0.2, -0.15) is 9.78 Å². The van der Waals surface area contributed by atoms with E-state index in [4.69, 9.17) is 9.47 Å². The number of benzene rings is 3. The van der Waals surface area contributed by atoms with Gasteiger partial charge in [-0.3, -0.25) is 14.9 Å². The summed E-state index contributed by atoms with van der Waals surface area (Å²) in [5.74, 6) is -0.0838. The molecule has 0 atom stereocenters. The van der Waals surface area contributed by atoms with Crippen LogP contribution in [0.1, 0.15) is 36.7 Å². The summed E-state index contributed by atoms with van der Waals surface area (Å²) >= 11 is 3.38. The molecule has 0 saturated carbocycles. The molecule has 4 aromatic rings. The van der Waals surface area contributed by atoms with Gasteiger partial charge in [-0.1, -0.05) is 47.5 Å². The fourth-order valence-electron chi connectivity index (χ4n) is 3.82. The normalized spacial score (nSPS) is 11.3. The highest BCUT2D eigenvalue weighted by atomic mass is 79.9. The third-order valence-corrected chi connectivity index (χ3v) is 6.25. The van der Waals surface area contributed by atoms with Crippen molar-refractivity contribution in [3.63, 3.8) is 0 Å². The number of ether oxygens (including phenoxy) is 2. The van der Waals surface area contributed by atoms with Crippen molar-refractivity contribution in [2.45, 2.75) is 32.8 Å². The first kappa shape index (κ1) is 26.9. The fourth-order valence-corrected chi connectivity index (χ4v) is 4.18. The summed E-state index contributed by atoms with van der Waals surface area (Å²) in [4.78, 5) is 29.2. The number of nitro groups is 1. The van der Waals surface area contributed by atoms with E-state index in [-0.39, 0.29) is 34.9 Å². The fraction of sp³-hybridized carbons (Fsp3) is 0.222. The van der Waals surface area contributed by atoms with Crippen LogP contribution in [0.3, 0.4) is 0 Å². The van der Waals surface area contributed by atoms with E-state index in [9.17, 15) is 19.3 Å². The highest BCUT2D eigenvalue weighted by Crippen LogP contribution is 2.38. The Balaban J connectivity index is 1.75. The van der Waals surface area contributed by atoms with Gasteiger partial charge in [0.25, 0.3) is 5.56 Å². The van der Waals surface area contributed by atoms with Crippen molar-refractivity contribution < 1.29 is 18.8 Å². The maximum Gasteiger partial charge on any atom is 0.315 e. The van der Waals surface area contributed by atoms with Crippen molar-refractivity contribution in [3.8, 4) is 11.5 Å². The van der Waals surface area contributed by atoms with E-state index in [1.54, 1.807) is 24.3 Å². The molecule has 0 saturated heterocycles. The molecule has 0 amide bonds. The predicted octanol–water partition coefficient (Wildman–Crippen LogP) is 6.02. The molecule has 0 N–H and O–H groups in total. The Hall–Kier alpha value is -4.12. The number of fused-ring (bicyclic) bond motifs is 1. The third kappa shape index (κ3) is 5.88. The first-order valence-electron chi connectivity index (χ1n) is 11.8. The monoisotopic (exact) mass is 582 g/mol. The molecule has 0 aliphatic heterocycles. The topological polar surface area (TPSA) is 109 Å². The van der Waals surface area contributed by atoms with Gasteiger partial charge in [0.15, 0.2) is 5.75 Å². The van der Waals surface area contributed by atoms with E-state index in [1.807, 2.05) is 13.0 Å². The molecule has 11 heteroatoms. The van der Waals surface area contributed by atoms with Crippen LogP contribution in [-0.4, -0.2) is 27.9 Å². The van der Waals surface area contributed by atoms with Gasteiger partial charge in [0, 0.05) is 28.1 Å². The summed E-state index contributed by atoms with van der Waals surface area (Å²) < 4.78 is 26.9. The maximum absolute atomic E-state index is 14.0. The lowest BCUT2D eigenvalue weighted by Crippen LogP contribution is -2.22. The number of halogens is 2. The molecule has 0 unspecified atom stereocenters. The maximum atomic E-state index is 14.0. The highest BCUT2D eigenvalue weighted by molar-refractivity contribution is 9.10. The van der Waals surface area contributed by atoms with E-state index in [2.05, 4.69) is 26.0 Å². The molecule has 0 radical (unpaired) electrons. The second kappa shape index (κ2) is 12.0. The van der Waals surface area contributed by atoms with E-state index >= 15 is 0 Å². The number of aromatic nitrogens is 2. The van der Waals surface area contributed by atoms with Gasteiger partial charge in [-0.25, -0.2) is 9.37 Å². The Kier molecular flexibility index (Phi) is 8.47. The number of hydrogen-bond donors (Lipinski definition) is 0. The van der Waals surface area contributed by atoms with Crippen LogP contribution in [0.15, 0.2) is 69.0 Å². The van der Waals surface area contributed by atoms with Gasteiger partial charge in [-0.05, 0) is 36.8 Å². The van der Waals surface area contributed by atoms with E-state index < -0.39 is 10.7 Å². The zero-order chi connectivity index (χ0) is 27.2. The van der Waals surface area contributed by atoms with Gasteiger partial charge in [-0.15, -0.1) is 0 Å². The molecule has 1 heterocycles. The van der Waals surface area contributed by atoms with Crippen LogP contribution in [0.25, 0.3) is 10.9 Å². The molecule has 0 bridgehead atoms. The van der Waals surface area contributed by atoms with Crippen LogP contribution in [0.2, 0.25) is 0 Å². The number of hydrogen-bond acceptors (Lipinski definition) is 7. The van der Waals surface area contributed by atoms with Crippen molar-refractivity contribution in [1.29, 1.82) is 0 Å².